The maximum atomic E-state index is 11.5. The van der Waals surface area contributed by atoms with Gasteiger partial charge in [-0.05, 0) is 30.7 Å². The lowest BCUT2D eigenvalue weighted by molar-refractivity contribution is 0.0602. The lowest BCUT2D eigenvalue weighted by atomic mass is 10.0. The number of carbonyl (C=O) groups excluding carboxylic acids is 1. The predicted molar refractivity (Wildman–Crippen MR) is 70.4 cm³/mol. The zero-order chi connectivity index (χ0) is 13.2. The van der Waals surface area contributed by atoms with Crippen LogP contribution >= 0.6 is 0 Å². The third-order valence-electron chi connectivity index (χ3n) is 3.69. The summed E-state index contributed by atoms with van der Waals surface area (Å²) in [6.45, 7) is 3.09. The van der Waals surface area contributed by atoms with Gasteiger partial charge in [0.1, 0.15) is 5.82 Å². The standard InChI is InChI=1S/C13H19N3O2/c1-3-13(4-5-13)8-16-11-6-9(12(17)18-2)10(14)7-15-11/h6-7H,3-5,8,14H2,1-2H3,(H,15,16). The van der Waals surface area contributed by atoms with E-state index in [1.807, 2.05) is 0 Å². The molecule has 1 aliphatic carbocycles. The molecule has 1 fully saturated rings. The first-order valence-corrected chi connectivity index (χ1v) is 6.18. The summed E-state index contributed by atoms with van der Waals surface area (Å²) in [5.74, 6) is 0.235. The number of methoxy groups -OCH3 is 1. The molecule has 0 spiro atoms. The van der Waals surface area contributed by atoms with E-state index in [2.05, 4.69) is 22.0 Å². The lowest BCUT2D eigenvalue weighted by Gasteiger charge is -2.14. The molecule has 0 radical (unpaired) electrons. The van der Waals surface area contributed by atoms with Crippen LogP contribution in [0.2, 0.25) is 0 Å². The van der Waals surface area contributed by atoms with Gasteiger partial charge in [0, 0.05) is 6.54 Å². The molecule has 1 aliphatic rings. The number of rotatable bonds is 5. The molecule has 1 aromatic rings. The monoisotopic (exact) mass is 249 g/mol. The first-order valence-electron chi connectivity index (χ1n) is 6.18. The van der Waals surface area contributed by atoms with Gasteiger partial charge < -0.3 is 15.8 Å². The van der Waals surface area contributed by atoms with Crippen molar-refractivity contribution in [1.29, 1.82) is 0 Å². The highest BCUT2D eigenvalue weighted by Crippen LogP contribution is 2.48. The first-order chi connectivity index (χ1) is 8.60. The number of anilines is 2. The van der Waals surface area contributed by atoms with Gasteiger partial charge in [0.25, 0.3) is 0 Å². The highest BCUT2D eigenvalue weighted by molar-refractivity contribution is 5.95. The minimum Gasteiger partial charge on any atom is -0.465 e. The number of carbonyl (C=O) groups is 1. The number of nitrogens with two attached hydrogens (primary N) is 1. The number of nitrogens with zero attached hydrogens (tertiary/aromatic N) is 1. The van der Waals surface area contributed by atoms with Gasteiger partial charge >= 0.3 is 5.97 Å². The van der Waals surface area contributed by atoms with Crippen molar-refractivity contribution >= 4 is 17.5 Å². The second kappa shape index (κ2) is 4.84. The largest absolute Gasteiger partial charge is 0.465 e. The molecular formula is C13H19N3O2. The Hall–Kier alpha value is -1.78. The van der Waals surface area contributed by atoms with E-state index in [0.717, 1.165) is 6.54 Å². The second-order valence-corrected chi connectivity index (χ2v) is 4.86. The van der Waals surface area contributed by atoms with E-state index in [1.165, 1.54) is 32.6 Å². The van der Waals surface area contributed by atoms with E-state index in [1.54, 1.807) is 6.07 Å². The molecule has 18 heavy (non-hydrogen) atoms. The maximum absolute atomic E-state index is 11.5. The molecule has 0 aromatic carbocycles. The molecule has 3 N–H and O–H groups in total. The Morgan fingerprint density at radius 2 is 2.33 bits per heavy atom. The Balaban J connectivity index is 2.07. The van der Waals surface area contributed by atoms with Crippen LogP contribution in [0.1, 0.15) is 36.5 Å². The third-order valence-corrected chi connectivity index (χ3v) is 3.69. The third kappa shape index (κ3) is 2.55. The van der Waals surface area contributed by atoms with E-state index in [0.29, 0.717) is 22.5 Å². The van der Waals surface area contributed by atoms with Crippen LogP contribution < -0.4 is 11.1 Å². The zero-order valence-corrected chi connectivity index (χ0v) is 10.8. The number of hydrogen-bond donors (Lipinski definition) is 2. The van der Waals surface area contributed by atoms with Crippen molar-refractivity contribution in [2.75, 3.05) is 24.7 Å². The Morgan fingerprint density at radius 1 is 1.61 bits per heavy atom. The molecule has 0 atom stereocenters. The molecule has 98 valence electrons. The van der Waals surface area contributed by atoms with Gasteiger partial charge in [0.05, 0.1) is 24.6 Å². The van der Waals surface area contributed by atoms with Crippen LogP contribution in [0.4, 0.5) is 11.5 Å². The number of ether oxygens (including phenoxy) is 1. The fourth-order valence-corrected chi connectivity index (χ4v) is 1.96. The van der Waals surface area contributed by atoms with Crippen LogP contribution in [0.25, 0.3) is 0 Å². The topological polar surface area (TPSA) is 77.2 Å². The molecule has 5 heteroatoms. The molecule has 0 aliphatic heterocycles. The minimum atomic E-state index is -0.436. The molecule has 0 bridgehead atoms. The average molecular weight is 249 g/mol. The van der Waals surface area contributed by atoms with Gasteiger partial charge in [0.15, 0.2) is 0 Å². The predicted octanol–water partition coefficient (Wildman–Crippen LogP) is 2.05. The highest BCUT2D eigenvalue weighted by atomic mass is 16.5. The van der Waals surface area contributed by atoms with E-state index < -0.39 is 5.97 Å². The molecule has 5 nitrogen and oxygen atoms in total. The number of nitrogens with one attached hydrogen (secondary N) is 1. The maximum Gasteiger partial charge on any atom is 0.340 e. The van der Waals surface area contributed by atoms with Gasteiger partial charge in [-0.3, -0.25) is 0 Å². The van der Waals surface area contributed by atoms with Crippen LogP contribution in [-0.4, -0.2) is 24.6 Å². The van der Waals surface area contributed by atoms with Crippen molar-refractivity contribution in [2.45, 2.75) is 26.2 Å². The van der Waals surface area contributed by atoms with Crippen molar-refractivity contribution in [1.82, 2.24) is 4.98 Å². The molecule has 0 amide bonds. The summed E-state index contributed by atoms with van der Waals surface area (Å²) in [5.41, 5.74) is 6.82. The Kier molecular flexibility index (Phi) is 3.41. The lowest BCUT2D eigenvalue weighted by Crippen LogP contribution is -2.16. The van der Waals surface area contributed by atoms with E-state index in [-0.39, 0.29) is 0 Å². The smallest absolute Gasteiger partial charge is 0.340 e. The van der Waals surface area contributed by atoms with Gasteiger partial charge in [-0.1, -0.05) is 6.92 Å². The summed E-state index contributed by atoms with van der Waals surface area (Å²) in [6.07, 6.45) is 5.17. The normalized spacial score (nSPS) is 16.1. The zero-order valence-electron chi connectivity index (χ0n) is 10.8. The van der Waals surface area contributed by atoms with Crippen LogP contribution in [-0.2, 0) is 4.74 Å². The molecule has 1 saturated carbocycles. The molecular weight excluding hydrogens is 230 g/mol. The van der Waals surface area contributed by atoms with Gasteiger partial charge in [0.2, 0.25) is 0 Å². The fourth-order valence-electron chi connectivity index (χ4n) is 1.96. The fraction of sp³-hybridized carbons (Fsp3) is 0.538. The van der Waals surface area contributed by atoms with Crippen LogP contribution in [0, 0.1) is 5.41 Å². The van der Waals surface area contributed by atoms with Gasteiger partial charge in [-0.15, -0.1) is 0 Å². The van der Waals surface area contributed by atoms with E-state index in [9.17, 15) is 4.79 Å². The van der Waals surface area contributed by atoms with Crippen molar-refractivity contribution in [3.63, 3.8) is 0 Å². The average Bonchev–Trinajstić information content (AvgIpc) is 3.17. The van der Waals surface area contributed by atoms with Gasteiger partial charge in [-0.2, -0.15) is 0 Å². The Labute approximate surface area is 107 Å². The number of pyridine rings is 1. The van der Waals surface area contributed by atoms with Crippen LogP contribution in [0.5, 0.6) is 0 Å². The summed E-state index contributed by atoms with van der Waals surface area (Å²) in [7, 11) is 1.34. The minimum absolute atomic E-state index is 0.337. The number of nitrogen functional groups attached to an aromatic ring is 1. The summed E-state index contributed by atoms with van der Waals surface area (Å²) < 4.78 is 4.68. The summed E-state index contributed by atoms with van der Waals surface area (Å²) in [4.78, 5) is 15.7. The van der Waals surface area contributed by atoms with Crippen molar-refractivity contribution < 1.29 is 9.53 Å². The van der Waals surface area contributed by atoms with Crippen molar-refractivity contribution in [2.24, 2.45) is 5.41 Å². The molecule has 1 heterocycles. The van der Waals surface area contributed by atoms with Crippen molar-refractivity contribution in [3.8, 4) is 0 Å². The first kappa shape index (κ1) is 12.7. The van der Waals surface area contributed by atoms with Crippen molar-refractivity contribution in [3.05, 3.63) is 17.8 Å². The number of aromatic nitrogens is 1. The van der Waals surface area contributed by atoms with Gasteiger partial charge in [-0.25, -0.2) is 9.78 Å². The molecule has 1 aromatic heterocycles. The molecule has 0 saturated heterocycles. The van der Waals surface area contributed by atoms with Crippen LogP contribution in [0.15, 0.2) is 12.3 Å². The van der Waals surface area contributed by atoms with E-state index >= 15 is 0 Å². The highest BCUT2D eigenvalue weighted by Gasteiger charge is 2.40. The summed E-state index contributed by atoms with van der Waals surface area (Å²) >= 11 is 0. The number of hydrogen-bond acceptors (Lipinski definition) is 5. The second-order valence-electron chi connectivity index (χ2n) is 4.86. The molecule has 0 unspecified atom stereocenters. The quantitative estimate of drug-likeness (QED) is 0.781. The summed E-state index contributed by atoms with van der Waals surface area (Å²) in [5, 5.41) is 3.27. The summed E-state index contributed by atoms with van der Waals surface area (Å²) in [6, 6.07) is 1.65. The molecule has 2 rings (SSSR count). The number of esters is 1. The SMILES string of the molecule is CCC1(CNc2cc(C(=O)OC)c(N)cn2)CC1. The Bertz CT molecular complexity index is 456. The Morgan fingerprint density at radius 3 is 2.89 bits per heavy atom. The van der Waals surface area contributed by atoms with E-state index in [4.69, 9.17) is 5.73 Å². The van der Waals surface area contributed by atoms with Crippen LogP contribution in [0.3, 0.4) is 0 Å².